The first-order chi connectivity index (χ1) is 6.65. The molecule has 5 heteroatoms. The van der Waals surface area contributed by atoms with Crippen LogP contribution in [0.25, 0.3) is 0 Å². The van der Waals surface area contributed by atoms with Gasteiger partial charge in [-0.1, -0.05) is 6.92 Å². The molecule has 0 unspecified atom stereocenters. The van der Waals surface area contributed by atoms with E-state index in [1.807, 2.05) is 6.92 Å². The highest BCUT2D eigenvalue weighted by Crippen LogP contribution is 2.02. The molecule has 0 saturated heterocycles. The van der Waals surface area contributed by atoms with Crippen LogP contribution < -0.4 is 5.43 Å². The first-order valence-corrected chi connectivity index (χ1v) is 4.76. The number of nitrogens with one attached hydrogen (secondary N) is 1. The average Bonchev–Trinajstić information content (AvgIpc) is 2.18. The number of rotatable bonds is 3. The summed E-state index contributed by atoms with van der Waals surface area (Å²) in [6.07, 6.45) is 1.71. The van der Waals surface area contributed by atoms with E-state index in [1.54, 1.807) is 11.9 Å². The van der Waals surface area contributed by atoms with Crippen LogP contribution in [0.2, 0.25) is 0 Å². The van der Waals surface area contributed by atoms with Crippen LogP contribution in [-0.4, -0.2) is 36.0 Å². The molecule has 1 rings (SSSR count). The van der Waals surface area contributed by atoms with Gasteiger partial charge in [-0.05, 0) is 6.42 Å². The van der Waals surface area contributed by atoms with Gasteiger partial charge in [0.25, 0.3) is 5.91 Å². The Morgan fingerprint density at radius 1 is 1.57 bits per heavy atom. The minimum Gasteiger partial charge on any atom is -0.341 e. The number of hydrazone groups is 1. The van der Waals surface area contributed by atoms with Crippen LogP contribution in [-0.2, 0) is 9.59 Å². The third kappa shape index (κ3) is 2.55. The highest BCUT2D eigenvalue weighted by atomic mass is 16.2. The lowest BCUT2D eigenvalue weighted by Gasteiger charge is -2.18. The summed E-state index contributed by atoms with van der Waals surface area (Å²) < 4.78 is 0. The van der Waals surface area contributed by atoms with Gasteiger partial charge in [0, 0.05) is 26.4 Å². The zero-order valence-electron chi connectivity index (χ0n) is 8.54. The van der Waals surface area contributed by atoms with Gasteiger partial charge in [-0.2, -0.15) is 5.10 Å². The van der Waals surface area contributed by atoms with Gasteiger partial charge in [-0.25, -0.2) is 5.43 Å². The van der Waals surface area contributed by atoms with Crippen molar-refractivity contribution in [3.8, 4) is 0 Å². The molecule has 0 aliphatic carbocycles. The normalized spacial score (nSPS) is 15.9. The highest BCUT2D eigenvalue weighted by molar-refractivity contribution is 6.39. The van der Waals surface area contributed by atoms with Crippen molar-refractivity contribution in [2.24, 2.45) is 5.10 Å². The summed E-state index contributed by atoms with van der Waals surface area (Å²) in [7, 11) is 1.74. The van der Waals surface area contributed by atoms with Crippen molar-refractivity contribution in [2.75, 3.05) is 13.6 Å². The fourth-order valence-corrected chi connectivity index (χ4v) is 1.29. The van der Waals surface area contributed by atoms with Crippen molar-refractivity contribution >= 4 is 17.5 Å². The van der Waals surface area contributed by atoms with Gasteiger partial charge in [0.2, 0.25) is 5.91 Å². The van der Waals surface area contributed by atoms with Gasteiger partial charge in [0.15, 0.2) is 0 Å². The highest BCUT2D eigenvalue weighted by Gasteiger charge is 2.20. The molecule has 1 N–H and O–H groups in total. The topological polar surface area (TPSA) is 61.8 Å². The molecule has 0 aromatic rings. The van der Waals surface area contributed by atoms with Crippen molar-refractivity contribution < 1.29 is 9.59 Å². The molecule has 78 valence electrons. The van der Waals surface area contributed by atoms with Crippen LogP contribution in [0.1, 0.15) is 26.2 Å². The van der Waals surface area contributed by atoms with E-state index >= 15 is 0 Å². The number of amides is 2. The van der Waals surface area contributed by atoms with Gasteiger partial charge in [0.1, 0.15) is 5.71 Å². The molecule has 0 saturated carbocycles. The Labute approximate surface area is 83.2 Å². The van der Waals surface area contributed by atoms with E-state index in [0.29, 0.717) is 25.1 Å². The molecule has 0 atom stereocenters. The second-order valence-corrected chi connectivity index (χ2v) is 3.32. The fraction of sp³-hybridized carbons (Fsp3) is 0.667. The fourth-order valence-electron chi connectivity index (χ4n) is 1.29. The lowest BCUT2D eigenvalue weighted by molar-refractivity contribution is -0.123. The Hall–Kier alpha value is -1.39. The molecule has 5 nitrogen and oxygen atoms in total. The molecular formula is C9H15N3O2. The molecule has 1 aliphatic heterocycles. The minimum atomic E-state index is -0.125. The zero-order valence-corrected chi connectivity index (χ0v) is 8.54. The SMILES string of the molecule is CCCN(C)C(=O)C1=NNC(=O)CC1. The van der Waals surface area contributed by atoms with Crippen LogP contribution in [0, 0.1) is 0 Å². The standard InChI is InChI=1S/C9H15N3O2/c1-3-6-12(2)9(14)7-4-5-8(13)11-10-7/h3-6H2,1-2H3,(H,11,13). The Balaban J connectivity index is 2.56. The Morgan fingerprint density at radius 2 is 2.29 bits per heavy atom. The third-order valence-corrected chi connectivity index (χ3v) is 2.06. The van der Waals surface area contributed by atoms with Crippen molar-refractivity contribution in [3.63, 3.8) is 0 Å². The van der Waals surface area contributed by atoms with Gasteiger partial charge >= 0.3 is 0 Å². The maximum absolute atomic E-state index is 11.6. The first kappa shape index (κ1) is 10.7. The molecule has 0 fully saturated rings. The average molecular weight is 197 g/mol. The van der Waals surface area contributed by atoms with Gasteiger partial charge in [-0.3, -0.25) is 9.59 Å². The van der Waals surface area contributed by atoms with E-state index in [0.717, 1.165) is 6.42 Å². The summed E-state index contributed by atoms with van der Waals surface area (Å²) in [5, 5.41) is 3.74. The molecule has 0 bridgehead atoms. The van der Waals surface area contributed by atoms with Crippen molar-refractivity contribution in [3.05, 3.63) is 0 Å². The Morgan fingerprint density at radius 3 is 2.79 bits per heavy atom. The zero-order chi connectivity index (χ0) is 10.6. The Kier molecular flexibility index (Phi) is 3.62. The van der Waals surface area contributed by atoms with Gasteiger partial charge < -0.3 is 4.90 Å². The van der Waals surface area contributed by atoms with Crippen molar-refractivity contribution in [2.45, 2.75) is 26.2 Å². The van der Waals surface area contributed by atoms with E-state index in [4.69, 9.17) is 0 Å². The number of carbonyl (C=O) groups is 2. The molecular weight excluding hydrogens is 182 g/mol. The molecule has 0 radical (unpaired) electrons. The van der Waals surface area contributed by atoms with E-state index in [2.05, 4.69) is 10.5 Å². The summed E-state index contributed by atoms with van der Waals surface area (Å²) in [5.41, 5.74) is 2.76. The van der Waals surface area contributed by atoms with Crippen LogP contribution >= 0.6 is 0 Å². The van der Waals surface area contributed by atoms with E-state index in [-0.39, 0.29) is 11.8 Å². The van der Waals surface area contributed by atoms with E-state index in [1.165, 1.54) is 0 Å². The predicted molar refractivity (Wildman–Crippen MR) is 52.7 cm³/mol. The summed E-state index contributed by atoms with van der Waals surface area (Å²) in [6.45, 7) is 2.72. The van der Waals surface area contributed by atoms with Crippen molar-refractivity contribution in [1.29, 1.82) is 0 Å². The number of carbonyl (C=O) groups excluding carboxylic acids is 2. The van der Waals surface area contributed by atoms with Gasteiger partial charge in [0.05, 0.1) is 0 Å². The Bertz CT molecular complexity index is 273. The minimum absolute atomic E-state index is 0.0909. The number of hydrogen-bond donors (Lipinski definition) is 1. The quantitative estimate of drug-likeness (QED) is 0.698. The summed E-state index contributed by atoms with van der Waals surface area (Å²) >= 11 is 0. The maximum Gasteiger partial charge on any atom is 0.269 e. The monoisotopic (exact) mass is 197 g/mol. The number of hydrogen-bond acceptors (Lipinski definition) is 3. The molecule has 2 amide bonds. The smallest absolute Gasteiger partial charge is 0.269 e. The van der Waals surface area contributed by atoms with Gasteiger partial charge in [-0.15, -0.1) is 0 Å². The molecule has 1 aliphatic rings. The van der Waals surface area contributed by atoms with Crippen LogP contribution in [0.15, 0.2) is 5.10 Å². The van der Waals surface area contributed by atoms with Crippen LogP contribution in [0.3, 0.4) is 0 Å². The number of nitrogens with zero attached hydrogens (tertiary/aromatic N) is 2. The molecule has 0 aromatic carbocycles. The summed E-state index contributed by atoms with van der Waals surface area (Å²) in [5.74, 6) is -0.216. The lowest BCUT2D eigenvalue weighted by Crippen LogP contribution is -2.38. The van der Waals surface area contributed by atoms with E-state index < -0.39 is 0 Å². The molecule has 14 heavy (non-hydrogen) atoms. The summed E-state index contributed by atoms with van der Waals surface area (Å²) in [6, 6.07) is 0. The third-order valence-electron chi connectivity index (χ3n) is 2.06. The summed E-state index contributed by atoms with van der Waals surface area (Å²) in [4.78, 5) is 24.0. The molecule has 0 aromatic heterocycles. The molecule has 1 heterocycles. The van der Waals surface area contributed by atoms with Crippen molar-refractivity contribution in [1.82, 2.24) is 10.3 Å². The maximum atomic E-state index is 11.6. The lowest BCUT2D eigenvalue weighted by atomic mass is 10.1. The second kappa shape index (κ2) is 4.74. The largest absolute Gasteiger partial charge is 0.341 e. The van der Waals surface area contributed by atoms with Crippen LogP contribution in [0.5, 0.6) is 0 Å². The van der Waals surface area contributed by atoms with E-state index in [9.17, 15) is 9.59 Å². The second-order valence-electron chi connectivity index (χ2n) is 3.32. The first-order valence-electron chi connectivity index (χ1n) is 4.76. The van der Waals surface area contributed by atoms with Crippen LogP contribution in [0.4, 0.5) is 0 Å². The molecule has 0 spiro atoms. The predicted octanol–water partition coefficient (Wildman–Crippen LogP) is 0.121.